The molecule has 3 aromatic carbocycles. The summed E-state index contributed by atoms with van der Waals surface area (Å²) in [5.74, 6) is -0.554. The fourth-order valence-corrected chi connectivity index (χ4v) is 5.05. The summed E-state index contributed by atoms with van der Waals surface area (Å²) < 4.78 is 46.4. The van der Waals surface area contributed by atoms with Crippen molar-refractivity contribution >= 4 is 33.2 Å². The zero-order valence-electron chi connectivity index (χ0n) is 21.1. The molecule has 0 atom stereocenters. The molecular weight excluding hydrogens is 511 g/mol. The van der Waals surface area contributed by atoms with E-state index in [2.05, 4.69) is 14.9 Å². The molecule has 1 fully saturated rings. The lowest BCUT2D eigenvalue weighted by Gasteiger charge is -2.32. The number of carbonyl (C=O) groups excluding carboxylic acids is 2. The van der Waals surface area contributed by atoms with Gasteiger partial charge in [0.05, 0.1) is 4.90 Å². The van der Waals surface area contributed by atoms with Gasteiger partial charge in [-0.1, -0.05) is 0 Å². The van der Waals surface area contributed by atoms with Crippen molar-refractivity contribution in [1.29, 1.82) is 0 Å². The lowest BCUT2D eigenvalue weighted by Crippen LogP contribution is -2.47. The number of amides is 2. The number of likely N-dealkylation sites (N-methyl/N-ethyl adjacent to an activating group) is 1. The summed E-state index contributed by atoms with van der Waals surface area (Å²) in [6.45, 7) is 4.42. The molecule has 4 rings (SSSR count). The number of nitrogens with one attached hydrogen (secondary N) is 2. The molecule has 3 aromatic rings. The fourth-order valence-electron chi connectivity index (χ4n) is 3.91. The van der Waals surface area contributed by atoms with Crippen molar-refractivity contribution in [3.63, 3.8) is 0 Å². The molecule has 200 valence electrons. The molecule has 1 heterocycles. The van der Waals surface area contributed by atoms with Crippen LogP contribution in [0.5, 0.6) is 5.75 Å². The molecule has 0 aromatic heterocycles. The van der Waals surface area contributed by atoms with Gasteiger partial charge in [0.1, 0.15) is 11.6 Å². The van der Waals surface area contributed by atoms with E-state index in [1.165, 1.54) is 30.3 Å². The van der Waals surface area contributed by atoms with Crippen LogP contribution in [0.2, 0.25) is 0 Å². The minimum atomic E-state index is -3.89. The van der Waals surface area contributed by atoms with Gasteiger partial charge in [0.2, 0.25) is 0 Å². The number of piperazine rings is 1. The third-order valence-electron chi connectivity index (χ3n) is 6.12. The lowest BCUT2D eigenvalue weighted by atomic mass is 10.1. The van der Waals surface area contributed by atoms with E-state index in [9.17, 15) is 22.4 Å². The third kappa shape index (κ3) is 6.87. The maximum Gasteiger partial charge on any atom is 0.262 e. The van der Waals surface area contributed by atoms with Crippen LogP contribution < -0.4 is 14.8 Å². The average molecular weight is 541 g/mol. The number of aryl methyl sites for hydroxylation is 1. The highest BCUT2D eigenvalue weighted by Crippen LogP contribution is 2.24. The second kappa shape index (κ2) is 11.6. The molecule has 1 aliphatic heterocycles. The van der Waals surface area contributed by atoms with Crippen LogP contribution in [0.15, 0.2) is 71.6 Å². The van der Waals surface area contributed by atoms with Gasteiger partial charge in [-0.2, -0.15) is 0 Å². The summed E-state index contributed by atoms with van der Waals surface area (Å²) in [6, 6.07) is 15.9. The summed E-state index contributed by atoms with van der Waals surface area (Å²) in [7, 11) is -1.87. The molecule has 11 heteroatoms. The lowest BCUT2D eigenvalue weighted by molar-refractivity contribution is -0.118. The van der Waals surface area contributed by atoms with Crippen LogP contribution >= 0.6 is 0 Å². The molecule has 0 spiro atoms. The first kappa shape index (κ1) is 27.1. The second-order valence-corrected chi connectivity index (χ2v) is 10.7. The molecule has 1 aliphatic rings. The number of hydrogen-bond acceptors (Lipinski definition) is 6. The molecule has 0 radical (unpaired) electrons. The molecule has 0 saturated carbocycles. The Hall–Kier alpha value is -3.96. The molecule has 9 nitrogen and oxygen atoms in total. The summed E-state index contributed by atoms with van der Waals surface area (Å²) in [5.41, 5.74) is 1.84. The molecule has 0 unspecified atom stereocenters. The standard InChI is InChI=1S/C27H29FN4O5S/c1-19-17-24(38(35,36)30-23-9-5-21(28)6-10-23)11-12-25(19)37-18-26(33)29-22-7-3-20(4-8-22)27(34)32-15-13-31(2)14-16-32/h3-12,17,30H,13-16,18H2,1-2H3,(H,29,33). The van der Waals surface area contributed by atoms with Crippen molar-refractivity contribution in [2.45, 2.75) is 11.8 Å². The Morgan fingerprint density at radius 3 is 2.18 bits per heavy atom. The van der Waals surface area contributed by atoms with Crippen LogP contribution in [0.1, 0.15) is 15.9 Å². The van der Waals surface area contributed by atoms with Crippen molar-refractivity contribution in [1.82, 2.24) is 9.80 Å². The van der Waals surface area contributed by atoms with Gasteiger partial charge in [-0.05, 0) is 86.3 Å². The molecule has 38 heavy (non-hydrogen) atoms. The van der Waals surface area contributed by atoms with E-state index in [-0.39, 0.29) is 23.1 Å². The second-order valence-electron chi connectivity index (χ2n) is 9.05. The van der Waals surface area contributed by atoms with Crippen LogP contribution in [-0.2, 0) is 14.8 Å². The molecule has 2 amide bonds. The van der Waals surface area contributed by atoms with E-state index in [4.69, 9.17) is 4.74 Å². The Morgan fingerprint density at radius 2 is 1.55 bits per heavy atom. The molecule has 2 N–H and O–H groups in total. The molecule has 1 saturated heterocycles. The Labute approximate surface area is 221 Å². The number of nitrogens with zero attached hydrogens (tertiary/aromatic N) is 2. The summed E-state index contributed by atoms with van der Waals surface area (Å²) >= 11 is 0. The highest BCUT2D eigenvalue weighted by atomic mass is 32.2. The average Bonchev–Trinajstić information content (AvgIpc) is 2.89. The van der Waals surface area contributed by atoms with Crippen molar-refractivity contribution in [3.05, 3.63) is 83.7 Å². The van der Waals surface area contributed by atoms with E-state index in [0.717, 1.165) is 25.2 Å². The minimum absolute atomic E-state index is 0.00216. The number of ether oxygens (including phenoxy) is 1. The van der Waals surface area contributed by atoms with Crippen LogP contribution in [0.3, 0.4) is 0 Å². The Balaban J connectivity index is 1.30. The van der Waals surface area contributed by atoms with Gasteiger partial charge in [0, 0.05) is 43.1 Å². The van der Waals surface area contributed by atoms with Crippen molar-refractivity contribution in [3.8, 4) is 5.75 Å². The molecule has 0 bridgehead atoms. The van der Waals surface area contributed by atoms with Crippen molar-refractivity contribution < 1.29 is 27.1 Å². The van der Waals surface area contributed by atoms with Gasteiger partial charge in [-0.3, -0.25) is 14.3 Å². The quantitative estimate of drug-likeness (QED) is 0.454. The SMILES string of the molecule is Cc1cc(S(=O)(=O)Nc2ccc(F)cc2)ccc1OCC(=O)Nc1ccc(C(=O)N2CCN(C)CC2)cc1. The number of halogens is 1. The molecule has 0 aliphatic carbocycles. The number of sulfonamides is 1. The maximum atomic E-state index is 13.1. The summed E-state index contributed by atoms with van der Waals surface area (Å²) in [6.07, 6.45) is 0. The maximum absolute atomic E-state index is 13.1. The van der Waals surface area contributed by atoms with Gasteiger partial charge in [0.15, 0.2) is 6.61 Å². The highest BCUT2D eigenvalue weighted by Gasteiger charge is 2.20. The number of anilines is 2. The zero-order valence-corrected chi connectivity index (χ0v) is 21.9. The predicted octanol–water partition coefficient (Wildman–Crippen LogP) is 3.34. The normalized spacial score (nSPS) is 14.1. The van der Waals surface area contributed by atoms with Crippen LogP contribution in [0.4, 0.5) is 15.8 Å². The first-order chi connectivity index (χ1) is 18.1. The monoisotopic (exact) mass is 540 g/mol. The van der Waals surface area contributed by atoms with E-state index < -0.39 is 21.7 Å². The van der Waals surface area contributed by atoms with E-state index in [1.807, 2.05) is 11.9 Å². The van der Waals surface area contributed by atoms with Gasteiger partial charge in [0.25, 0.3) is 21.8 Å². The Kier molecular flexibility index (Phi) is 8.28. The van der Waals surface area contributed by atoms with Crippen molar-refractivity contribution in [2.24, 2.45) is 0 Å². The van der Waals surface area contributed by atoms with Crippen molar-refractivity contribution in [2.75, 3.05) is 49.9 Å². The largest absolute Gasteiger partial charge is 0.483 e. The Morgan fingerprint density at radius 1 is 0.921 bits per heavy atom. The third-order valence-corrected chi connectivity index (χ3v) is 7.50. The first-order valence-corrected chi connectivity index (χ1v) is 13.5. The Bertz CT molecular complexity index is 1400. The fraction of sp³-hybridized carbons (Fsp3) is 0.259. The highest BCUT2D eigenvalue weighted by molar-refractivity contribution is 7.92. The van der Waals surface area contributed by atoms with E-state index in [0.29, 0.717) is 35.7 Å². The number of benzene rings is 3. The smallest absolute Gasteiger partial charge is 0.262 e. The summed E-state index contributed by atoms with van der Waals surface area (Å²) in [5, 5.41) is 2.72. The van der Waals surface area contributed by atoms with Crippen LogP contribution in [-0.4, -0.2) is 69.9 Å². The van der Waals surface area contributed by atoms with Crippen LogP contribution in [0, 0.1) is 12.7 Å². The summed E-state index contributed by atoms with van der Waals surface area (Å²) in [4.78, 5) is 29.1. The number of hydrogen-bond donors (Lipinski definition) is 2. The topological polar surface area (TPSA) is 108 Å². The van der Waals surface area contributed by atoms with E-state index in [1.54, 1.807) is 31.2 Å². The van der Waals surface area contributed by atoms with Gasteiger partial charge < -0.3 is 19.9 Å². The number of rotatable bonds is 8. The predicted molar refractivity (Wildman–Crippen MR) is 142 cm³/mol. The first-order valence-electron chi connectivity index (χ1n) is 12.0. The number of carbonyl (C=O) groups is 2. The van der Waals surface area contributed by atoms with Gasteiger partial charge >= 0.3 is 0 Å². The van der Waals surface area contributed by atoms with Gasteiger partial charge in [-0.25, -0.2) is 12.8 Å². The minimum Gasteiger partial charge on any atom is -0.483 e. The van der Waals surface area contributed by atoms with E-state index >= 15 is 0 Å². The van der Waals surface area contributed by atoms with Crippen LogP contribution in [0.25, 0.3) is 0 Å². The zero-order chi connectivity index (χ0) is 27.3. The van der Waals surface area contributed by atoms with Gasteiger partial charge in [-0.15, -0.1) is 0 Å². The molecular formula is C27H29FN4O5S.